The highest BCUT2D eigenvalue weighted by atomic mass is 19.4. The van der Waals surface area contributed by atoms with E-state index in [1.165, 1.54) is 12.1 Å². The second-order valence-electron chi connectivity index (χ2n) is 6.48. The zero-order valence-electron chi connectivity index (χ0n) is 15.5. The Balaban J connectivity index is 1.83. The molecule has 0 aliphatic carbocycles. The first-order valence-electron chi connectivity index (χ1n) is 8.93. The highest BCUT2D eigenvalue weighted by molar-refractivity contribution is 5.81. The molecule has 0 saturated carbocycles. The maximum atomic E-state index is 12.9. The van der Waals surface area contributed by atoms with E-state index in [1.54, 1.807) is 7.11 Å². The normalized spacial score (nSPS) is 11.4. The molecule has 146 valence electrons. The van der Waals surface area contributed by atoms with E-state index in [4.69, 9.17) is 9.72 Å². The number of hydrogen-bond donors (Lipinski definition) is 1. The average molecular weight is 394 g/mol. The number of nitrogens with one attached hydrogen (secondary N) is 1. The number of nitrogens with zero attached hydrogens (tertiary/aromatic N) is 1. The van der Waals surface area contributed by atoms with E-state index in [-0.39, 0.29) is 0 Å². The van der Waals surface area contributed by atoms with E-state index >= 15 is 0 Å². The zero-order chi connectivity index (χ0) is 20.4. The second-order valence-corrected chi connectivity index (χ2v) is 6.48. The third-order valence-electron chi connectivity index (χ3n) is 4.62. The summed E-state index contributed by atoms with van der Waals surface area (Å²) in [6.07, 6.45) is -4.37. The van der Waals surface area contributed by atoms with Crippen molar-refractivity contribution >= 4 is 0 Å². The van der Waals surface area contributed by atoms with Crippen molar-refractivity contribution in [2.45, 2.75) is 6.18 Å². The van der Waals surface area contributed by atoms with E-state index < -0.39 is 11.7 Å². The van der Waals surface area contributed by atoms with Crippen molar-refractivity contribution in [1.82, 2.24) is 9.97 Å². The number of ether oxygens (including phenoxy) is 1. The monoisotopic (exact) mass is 394 g/mol. The number of benzene rings is 3. The van der Waals surface area contributed by atoms with Crippen LogP contribution in [0.2, 0.25) is 0 Å². The van der Waals surface area contributed by atoms with Gasteiger partial charge in [0.25, 0.3) is 0 Å². The third kappa shape index (κ3) is 3.87. The minimum atomic E-state index is -4.37. The molecule has 3 aromatic carbocycles. The van der Waals surface area contributed by atoms with E-state index in [0.29, 0.717) is 28.5 Å². The van der Waals surface area contributed by atoms with Gasteiger partial charge < -0.3 is 9.72 Å². The van der Waals surface area contributed by atoms with Crippen LogP contribution in [0.15, 0.2) is 78.9 Å². The molecule has 0 radical (unpaired) electrons. The smallest absolute Gasteiger partial charge is 0.416 e. The lowest BCUT2D eigenvalue weighted by molar-refractivity contribution is -0.137. The fourth-order valence-electron chi connectivity index (χ4n) is 3.10. The molecule has 0 aliphatic rings. The van der Waals surface area contributed by atoms with Gasteiger partial charge in [-0.2, -0.15) is 13.2 Å². The van der Waals surface area contributed by atoms with Crippen molar-refractivity contribution < 1.29 is 17.9 Å². The van der Waals surface area contributed by atoms with Crippen LogP contribution in [0.1, 0.15) is 5.56 Å². The summed E-state index contributed by atoms with van der Waals surface area (Å²) in [6, 6.07) is 22.0. The van der Waals surface area contributed by atoms with E-state index in [2.05, 4.69) is 4.98 Å². The van der Waals surface area contributed by atoms with E-state index in [1.807, 2.05) is 54.6 Å². The predicted molar refractivity (Wildman–Crippen MR) is 106 cm³/mol. The molecule has 3 nitrogen and oxygen atoms in total. The largest absolute Gasteiger partial charge is 0.497 e. The molecule has 0 fully saturated rings. The van der Waals surface area contributed by atoms with Crippen molar-refractivity contribution in [2.75, 3.05) is 7.11 Å². The fraction of sp³-hybridized carbons (Fsp3) is 0.0870. The summed E-state index contributed by atoms with van der Waals surface area (Å²) in [5, 5.41) is 0. The number of halogens is 3. The van der Waals surface area contributed by atoms with Crippen molar-refractivity contribution in [2.24, 2.45) is 0 Å². The van der Waals surface area contributed by atoms with Gasteiger partial charge >= 0.3 is 6.18 Å². The number of hydrogen-bond acceptors (Lipinski definition) is 2. The molecule has 0 atom stereocenters. The third-order valence-corrected chi connectivity index (χ3v) is 4.62. The quantitative estimate of drug-likeness (QED) is 0.433. The van der Waals surface area contributed by atoms with Crippen molar-refractivity contribution in [3.05, 3.63) is 84.4 Å². The summed E-state index contributed by atoms with van der Waals surface area (Å²) in [7, 11) is 1.59. The number of aromatic amines is 1. The topological polar surface area (TPSA) is 37.9 Å². The molecular weight excluding hydrogens is 377 g/mol. The Bertz CT molecular complexity index is 1100. The maximum absolute atomic E-state index is 12.9. The first-order valence-corrected chi connectivity index (χ1v) is 8.93. The molecule has 6 heteroatoms. The Morgan fingerprint density at radius 1 is 0.759 bits per heavy atom. The number of imidazole rings is 1. The fourth-order valence-corrected chi connectivity index (χ4v) is 3.10. The molecule has 0 amide bonds. The van der Waals surface area contributed by atoms with Gasteiger partial charge in [-0.05, 0) is 36.4 Å². The Hall–Kier alpha value is -3.54. The molecule has 0 spiro atoms. The minimum Gasteiger partial charge on any atom is -0.497 e. The summed E-state index contributed by atoms with van der Waals surface area (Å²) in [4.78, 5) is 8.01. The molecule has 4 rings (SSSR count). The number of alkyl halides is 3. The molecule has 0 bridgehead atoms. The van der Waals surface area contributed by atoms with Crippen LogP contribution in [-0.2, 0) is 6.18 Å². The summed E-state index contributed by atoms with van der Waals surface area (Å²) in [5.41, 5.74) is 2.97. The zero-order valence-corrected chi connectivity index (χ0v) is 15.5. The van der Waals surface area contributed by atoms with Crippen molar-refractivity contribution in [1.29, 1.82) is 0 Å². The Labute approximate surface area is 165 Å². The highest BCUT2D eigenvalue weighted by Gasteiger charge is 2.30. The average Bonchev–Trinajstić information content (AvgIpc) is 3.19. The van der Waals surface area contributed by atoms with Crippen LogP contribution in [-0.4, -0.2) is 17.1 Å². The van der Waals surface area contributed by atoms with Gasteiger partial charge in [0.05, 0.1) is 24.1 Å². The number of H-pyrrole nitrogens is 1. The van der Waals surface area contributed by atoms with Gasteiger partial charge in [-0.15, -0.1) is 0 Å². The van der Waals surface area contributed by atoms with Crippen LogP contribution in [0, 0.1) is 0 Å². The summed E-state index contributed by atoms with van der Waals surface area (Å²) in [5.74, 6) is 1.36. The molecule has 4 aromatic rings. The highest BCUT2D eigenvalue weighted by Crippen LogP contribution is 2.36. The van der Waals surface area contributed by atoms with E-state index in [9.17, 15) is 13.2 Å². The van der Waals surface area contributed by atoms with Crippen LogP contribution < -0.4 is 4.74 Å². The second kappa shape index (κ2) is 7.47. The van der Waals surface area contributed by atoms with Gasteiger partial charge in [-0.25, -0.2) is 4.98 Å². The Morgan fingerprint density at radius 3 is 1.97 bits per heavy atom. The summed E-state index contributed by atoms with van der Waals surface area (Å²) < 4.78 is 44.0. The first-order chi connectivity index (χ1) is 14.0. The lowest BCUT2D eigenvalue weighted by Gasteiger charge is -2.08. The molecule has 0 saturated heterocycles. The van der Waals surface area contributed by atoms with Crippen LogP contribution >= 0.6 is 0 Å². The van der Waals surface area contributed by atoms with Gasteiger partial charge in [0.1, 0.15) is 11.6 Å². The van der Waals surface area contributed by atoms with Crippen LogP contribution in [0.25, 0.3) is 33.9 Å². The van der Waals surface area contributed by atoms with Gasteiger partial charge in [0.15, 0.2) is 0 Å². The Morgan fingerprint density at radius 2 is 1.38 bits per heavy atom. The number of rotatable bonds is 4. The maximum Gasteiger partial charge on any atom is 0.416 e. The lowest BCUT2D eigenvalue weighted by Crippen LogP contribution is -2.04. The molecule has 1 N–H and O–H groups in total. The molecule has 1 heterocycles. The molecular formula is C23H17F3N2O. The predicted octanol–water partition coefficient (Wildman–Crippen LogP) is 6.44. The van der Waals surface area contributed by atoms with Crippen LogP contribution in [0.3, 0.4) is 0 Å². The van der Waals surface area contributed by atoms with E-state index in [0.717, 1.165) is 23.3 Å². The minimum absolute atomic E-state index is 0.624. The molecule has 1 aromatic heterocycles. The van der Waals surface area contributed by atoms with Crippen molar-refractivity contribution in [3.8, 4) is 39.7 Å². The van der Waals surface area contributed by atoms with Gasteiger partial charge in [-0.1, -0.05) is 42.5 Å². The first kappa shape index (κ1) is 18.8. The van der Waals surface area contributed by atoms with Crippen LogP contribution in [0.4, 0.5) is 13.2 Å². The molecule has 0 aliphatic heterocycles. The van der Waals surface area contributed by atoms with Gasteiger partial charge in [0, 0.05) is 16.7 Å². The standard InChI is InChI=1S/C23H17F3N2O/c1-29-19-13-9-16(10-14-19)21-20(15-7-11-18(12-8-15)23(24,25)26)27-22(28-21)17-5-3-2-4-6-17/h2-14H,1H3,(H,27,28). The lowest BCUT2D eigenvalue weighted by atomic mass is 10.0. The number of aromatic nitrogens is 2. The SMILES string of the molecule is COc1ccc(-c2nc(-c3ccccc3)[nH]c2-c2ccc(C(F)(F)F)cc2)cc1. The molecule has 29 heavy (non-hydrogen) atoms. The van der Waals surface area contributed by atoms with Gasteiger partial charge in [-0.3, -0.25) is 0 Å². The van der Waals surface area contributed by atoms with Gasteiger partial charge in [0.2, 0.25) is 0 Å². The number of methoxy groups -OCH3 is 1. The molecule has 0 unspecified atom stereocenters. The van der Waals surface area contributed by atoms with Crippen LogP contribution in [0.5, 0.6) is 5.75 Å². The summed E-state index contributed by atoms with van der Waals surface area (Å²) >= 11 is 0. The Kier molecular flexibility index (Phi) is 4.84. The summed E-state index contributed by atoms with van der Waals surface area (Å²) in [6.45, 7) is 0. The van der Waals surface area contributed by atoms with Crippen molar-refractivity contribution in [3.63, 3.8) is 0 Å².